The molecule has 0 aromatic heterocycles. The van der Waals surface area contributed by atoms with Crippen LogP contribution in [0.5, 0.6) is 0 Å². The van der Waals surface area contributed by atoms with Gasteiger partial charge in [-0.2, -0.15) is 0 Å². The average molecular weight is 236 g/mol. The highest BCUT2D eigenvalue weighted by Gasteiger charge is 2.20. The lowest BCUT2D eigenvalue weighted by atomic mass is 9.86. The summed E-state index contributed by atoms with van der Waals surface area (Å²) in [6.45, 7) is 1.01. The van der Waals surface area contributed by atoms with E-state index in [1.54, 1.807) is 0 Å². The zero-order chi connectivity index (χ0) is 12.3. The van der Waals surface area contributed by atoms with E-state index in [-0.39, 0.29) is 5.82 Å². The van der Waals surface area contributed by atoms with Crippen LogP contribution in [-0.4, -0.2) is 19.6 Å². The number of hydrogen-bond donors (Lipinski definition) is 1. The molecule has 1 aliphatic carbocycles. The third kappa shape index (κ3) is 3.43. The summed E-state index contributed by atoms with van der Waals surface area (Å²) in [6, 6.07) is 7.06. The number of rotatable bonds is 3. The molecule has 2 nitrogen and oxygen atoms in total. The smallest absolute Gasteiger partial charge is 0.123 e. The molecule has 2 N–H and O–H groups in total. The lowest BCUT2D eigenvalue weighted by Crippen LogP contribution is -2.34. The summed E-state index contributed by atoms with van der Waals surface area (Å²) in [7, 11) is 2.06. The molecule has 0 heterocycles. The Morgan fingerprint density at radius 3 is 2.65 bits per heavy atom. The van der Waals surface area contributed by atoms with Crippen LogP contribution in [0.25, 0.3) is 0 Å². The quantitative estimate of drug-likeness (QED) is 0.874. The van der Waals surface area contributed by atoms with Crippen molar-refractivity contribution in [2.24, 2.45) is 11.7 Å². The topological polar surface area (TPSA) is 29.3 Å². The first-order chi connectivity index (χ1) is 8.15. The van der Waals surface area contributed by atoms with Crippen LogP contribution in [0.2, 0.25) is 0 Å². The largest absolute Gasteiger partial charge is 0.374 e. The van der Waals surface area contributed by atoms with E-state index in [2.05, 4.69) is 11.9 Å². The van der Waals surface area contributed by atoms with Crippen molar-refractivity contribution in [3.05, 3.63) is 30.1 Å². The van der Waals surface area contributed by atoms with Crippen molar-refractivity contribution in [3.8, 4) is 0 Å². The molecule has 3 heteroatoms. The van der Waals surface area contributed by atoms with E-state index < -0.39 is 0 Å². The van der Waals surface area contributed by atoms with E-state index in [1.807, 2.05) is 12.1 Å². The summed E-state index contributed by atoms with van der Waals surface area (Å²) in [5, 5.41) is 0. The van der Waals surface area contributed by atoms with Gasteiger partial charge in [0.25, 0.3) is 0 Å². The highest BCUT2D eigenvalue weighted by atomic mass is 19.1. The Morgan fingerprint density at radius 1 is 1.29 bits per heavy atom. The number of anilines is 1. The summed E-state index contributed by atoms with van der Waals surface area (Å²) in [6.07, 6.45) is 4.78. The minimum atomic E-state index is -0.179. The van der Waals surface area contributed by atoms with E-state index in [0.29, 0.717) is 12.0 Å². The normalized spacial score (nSPS) is 24.6. The third-order valence-electron chi connectivity index (χ3n) is 3.62. The molecule has 1 saturated carbocycles. The molecule has 0 saturated heterocycles. The molecular formula is C14H21FN2. The van der Waals surface area contributed by atoms with Crippen LogP contribution in [-0.2, 0) is 0 Å². The minimum absolute atomic E-state index is 0.179. The second-order valence-corrected chi connectivity index (χ2v) is 5.15. The third-order valence-corrected chi connectivity index (χ3v) is 3.62. The monoisotopic (exact) mass is 236 g/mol. The molecule has 0 aliphatic heterocycles. The number of nitrogens with two attached hydrogens (primary N) is 1. The molecule has 2 unspecified atom stereocenters. The Hall–Kier alpha value is -1.09. The van der Waals surface area contributed by atoms with Gasteiger partial charge in [0.1, 0.15) is 5.82 Å². The maximum atomic E-state index is 12.8. The lowest BCUT2D eigenvalue weighted by molar-refractivity contribution is 0.326. The van der Waals surface area contributed by atoms with E-state index in [0.717, 1.165) is 25.1 Å². The van der Waals surface area contributed by atoms with Crippen LogP contribution in [0.3, 0.4) is 0 Å². The lowest BCUT2D eigenvalue weighted by Gasteiger charge is -2.31. The fourth-order valence-corrected chi connectivity index (χ4v) is 2.69. The van der Waals surface area contributed by atoms with E-state index in [1.165, 1.54) is 25.0 Å². The molecule has 2 rings (SSSR count). The van der Waals surface area contributed by atoms with Crippen molar-refractivity contribution in [1.82, 2.24) is 0 Å². The van der Waals surface area contributed by atoms with Gasteiger partial charge in [0.05, 0.1) is 0 Å². The number of halogens is 1. The maximum absolute atomic E-state index is 12.8. The predicted molar refractivity (Wildman–Crippen MR) is 69.6 cm³/mol. The van der Waals surface area contributed by atoms with Gasteiger partial charge in [-0.15, -0.1) is 0 Å². The summed E-state index contributed by atoms with van der Waals surface area (Å²) in [4.78, 5) is 2.20. The second-order valence-electron chi connectivity index (χ2n) is 5.15. The highest BCUT2D eigenvalue weighted by molar-refractivity contribution is 5.45. The highest BCUT2D eigenvalue weighted by Crippen LogP contribution is 2.25. The molecule has 0 bridgehead atoms. The SMILES string of the molecule is CN(CC1CCCC(N)C1)c1ccc(F)cc1. The van der Waals surface area contributed by atoms with Gasteiger partial charge in [-0.25, -0.2) is 4.39 Å². The molecule has 0 radical (unpaired) electrons. The van der Waals surface area contributed by atoms with Crippen molar-refractivity contribution in [3.63, 3.8) is 0 Å². The zero-order valence-corrected chi connectivity index (χ0v) is 10.4. The van der Waals surface area contributed by atoms with Gasteiger partial charge < -0.3 is 10.6 Å². The standard InChI is InChI=1S/C14H21FN2/c1-17(14-7-5-12(15)6-8-14)10-11-3-2-4-13(16)9-11/h5-8,11,13H,2-4,9-10,16H2,1H3. The van der Waals surface area contributed by atoms with Crippen LogP contribution < -0.4 is 10.6 Å². The fraction of sp³-hybridized carbons (Fsp3) is 0.571. The maximum Gasteiger partial charge on any atom is 0.123 e. The predicted octanol–water partition coefficient (Wildman–Crippen LogP) is 2.78. The van der Waals surface area contributed by atoms with Crippen molar-refractivity contribution in [2.45, 2.75) is 31.7 Å². The van der Waals surface area contributed by atoms with Gasteiger partial charge in [0.15, 0.2) is 0 Å². The Labute approximate surface area is 103 Å². The molecular weight excluding hydrogens is 215 g/mol. The van der Waals surface area contributed by atoms with Crippen molar-refractivity contribution < 1.29 is 4.39 Å². The Morgan fingerprint density at radius 2 is 2.00 bits per heavy atom. The van der Waals surface area contributed by atoms with Crippen LogP contribution >= 0.6 is 0 Å². The molecule has 1 aromatic carbocycles. The molecule has 1 aliphatic rings. The Kier molecular flexibility index (Phi) is 4.00. The Bertz CT molecular complexity index is 350. The van der Waals surface area contributed by atoms with Gasteiger partial charge in [0.2, 0.25) is 0 Å². The molecule has 0 amide bonds. The van der Waals surface area contributed by atoms with Crippen LogP contribution in [0.15, 0.2) is 24.3 Å². The summed E-state index contributed by atoms with van der Waals surface area (Å²) >= 11 is 0. The van der Waals surface area contributed by atoms with Crippen molar-refractivity contribution in [2.75, 3.05) is 18.5 Å². The van der Waals surface area contributed by atoms with Gasteiger partial charge >= 0.3 is 0 Å². The summed E-state index contributed by atoms with van der Waals surface area (Å²) in [5.41, 5.74) is 7.07. The van der Waals surface area contributed by atoms with Crippen molar-refractivity contribution >= 4 is 5.69 Å². The second kappa shape index (κ2) is 5.50. The number of benzene rings is 1. The fourth-order valence-electron chi connectivity index (χ4n) is 2.69. The molecule has 1 fully saturated rings. The average Bonchev–Trinajstić information content (AvgIpc) is 2.29. The zero-order valence-electron chi connectivity index (χ0n) is 10.4. The summed E-state index contributed by atoms with van der Waals surface area (Å²) in [5.74, 6) is 0.496. The van der Waals surface area contributed by atoms with Gasteiger partial charge in [0, 0.05) is 25.3 Å². The van der Waals surface area contributed by atoms with Crippen LogP contribution in [0, 0.1) is 11.7 Å². The first-order valence-electron chi connectivity index (χ1n) is 6.37. The van der Waals surface area contributed by atoms with Gasteiger partial charge in [-0.1, -0.05) is 6.42 Å². The molecule has 0 spiro atoms. The number of hydrogen-bond acceptors (Lipinski definition) is 2. The van der Waals surface area contributed by atoms with E-state index >= 15 is 0 Å². The minimum Gasteiger partial charge on any atom is -0.374 e. The first kappa shape index (κ1) is 12.4. The molecule has 1 aromatic rings. The summed E-state index contributed by atoms with van der Waals surface area (Å²) < 4.78 is 12.8. The first-order valence-corrected chi connectivity index (χ1v) is 6.37. The molecule has 94 valence electrons. The van der Waals surface area contributed by atoms with Gasteiger partial charge in [-0.05, 0) is 49.4 Å². The van der Waals surface area contributed by atoms with Gasteiger partial charge in [-0.3, -0.25) is 0 Å². The molecule has 2 atom stereocenters. The van der Waals surface area contributed by atoms with Crippen LogP contribution in [0.1, 0.15) is 25.7 Å². The molecule has 17 heavy (non-hydrogen) atoms. The van der Waals surface area contributed by atoms with Crippen LogP contribution in [0.4, 0.5) is 10.1 Å². The van der Waals surface area contributed by atoms with E-state index in [9.17, 15) is 4.39 Å². The Balaban J connectivity index is 1.91. The van der Waals surface area contributed by atoms with E-state index in [4.69, 9.17) is 5.73 Å². The number of nitrogens with zero attached hydrogens (tertiary/aromatic N) is 1. The van der Waals surface area contributed by atoms with Crippen molar-refractivity contribution in [1.29, 1.82) is 0 Å².